The molecular weight excluding hydrogens is 446 g/mol. The van der Waals surface area contributed by atoms with E-state index in [1.165, 1.54) is 17.2 Å². The summed E-state index contributed by atoms with van der Waals surface area (Å²) in [5.41, 5.74) is 7.54. The first-order valence-electron chi connectivity index (χ1n) is 11.0. The Morgan fingerprint density at radius 2 is 1.71 bits per heavy atom. The molecule has 7 heteroatoms. The van der Waals surface area contributed by atoms with E-state index in [4.69, 9.17) is 0 Å². The van der Waals surface area contributed by atoms with Gasteiger partial charge >= 0.3 is 0 Å². The summed E-state index contributed by atoms with van der Waals surface area (Å²) in [5, 5.41) is 10.5. The third-order valence-electron chi connectivity index (χ3n) is 5.52. The summed E-state index contributed by atoms with van der Waals surface area (Å²) in [6, 6.07) is 24.6. The third-order valence-corrected chi connectivity index (χ3v) is 5.93. The molecule has 34 heavy (non-hydrogen) atoms. The minimum absolute atomic E-state index is 0.369. The molecule has 0 aliphatic carbocycles. The van der Waals surface area contributed by atoms with Gasteiger partial charge in [-0.2, -0.15) is 5.10 Å². The molecule has 0 bridgehead atoms. The van der Waals surface area contributed by atoms with Crippen LogP contribution in [0.25, 0.3) is 28.1 Å². The van der Waals surface area contributed by atoms with Gasteiger partial charge < -0.3 is 5.32 Å². The number of carbonyl (C=O) groups excluding carboxylic acids is 1. The number of nitrogens with zero attached hydrogens (tertiary/aromatic N) is 1. The lowest BCUT2D eigenvalue weighted by Gasteiger charge is -2.17. The maximum Gasteiger partial charge on any atom is 0.244 e. The molecule has 0 atom stereocenters. The summed E-state index contributed by atoms with van der Waals surface area (Å²) in [5.74, 6) is -0.819. The van der Waals surface area contributed by atoms with E-state index in [1.54, 1.807) is 6.08 Å². The van der Waals surface area contributed by atoms with E-state index in [-0.39, 0.29) is 5.88 Å². The summed E-state index contributed by atoms with van der Waals surface area (Å²) in [7, 11) is -2.64. The number of thiol groups is 1. The minimum Gasteiger partial charge on any atom is -0.339 e. The molecule has 0 aliphatic heterocycles. The van der Waals surface area contributed by atoms with Gasteiger partial charge in [0.15, 0.2) is 10.7 Å². The van der Waals surface area contributed by atoms with E-state index in [9.17, 15) is 13.2 Å². The molecule has 0 spiro atoms. The lowest BCUT2D eigenvalue weighted by atomic mass is 9.87. The average Bonchev–Trinajstić information content (AvgIpc) is 3.33. The molecule has 0 unspecified atom stereocenters. The van der Waals surface area contributed by atoms with Crippen LogP contribution >= 0.6 is 0 Å². The molecule has 6 nitrogen and oxygen atoms in total. The maximum atomic E-state index is 11.8. The van der Waals surface area contributed by atoms with Crippen LogP contribution in [0.5, 0.6) is 0 Å². The molecule has 3 aromatic carbocycles. The Kier molecular flexibility index (Phi) is 7.34. The van der Waals surface area contributed by atoms with Crippen molar-refractivity contribution in [3.8, 4) is 0 Å². The molecule has 0 saturated heterocycles. The summed E-state index contributed by atoms with van der Waals surface area (Å²) >= 11 is 0. The first-order valence-corrected chi connectivity index (χ1v) is 12.3. The number of nitrogens with one attached hydrogen (secondary N) is 2. The van der Waals surface area contributed by atoms with E-state index in [2.05, 4.69) is 46.7 Å². The number of aromatic amines is 1. The van der Waals surface area contributed by atoms with Crippen LogP contribution in [0.3, 0.4) is 0 Å². The van der Waals surface area contributed by atoms with Crippen molar-refractivity contribution in [2.45, 2.75) is 13.3 Å². The normalized spacial score (nSPS) is 12.3. The number of hydrogen-bond donors (Lipinski definition) is 3. The number of carbonyl (C=O) groups is 1. The SMILES string of the molecule is CC/C(=C(/c1ccc(/C=C/C(=O)NC[SH](=O)=O)cc1)c1ccc2[nH]ncc2c1)c1ccccc1. The van der Waals surface area contributed by atoms with Crippen molar-refractivity contribution in [2.75, 3.05) is 5.88 Å². The Morgan fingerprint density at radius 1 is 0.971 bits per heavy atom. The van der Waals surface area contributed by atoms with Crippen LogP contribution in [-0.2, 0) is 15.5 Å². The molecule has 0 aliphatic rings. The van der Waals surface area contributed by atoms with Crippen LogP contribution in [0, 0.1) is 0 Å². The number of benzene rings is 3. The summed E-state index contributed by atoms with van der Waals surface area (Å²) in [4.78, 5) is 11.8. The van der Waals surface area contributed by atoms with Gasteiger partial charge in [0, 0.05) is 11.5 Å². The molecule has 0 saturated carbocycles. The van der Waals surface area contributed by atoms with Crippen molar-refractivity contribution in [3.63, 3.8) is 0 Å². The highest BCUT2D eigenvalue weighted by molar-refractivity contribution is 7.72. The number of hydrogen-bond acceptors (Lipinski definition) is 4. The van der Waals surface area contributed by atoms with Crippen LogP contribution in [-0.4, -0.2) is 30.4 Å². The van der Waals surface area contributed by atoms with Gasteiger partial charge in [-0.1, -0.05) is 67.6 Å². The second kappa shape index (κ2) is 10.8. The van der Waals surface area contributed by atoms with Crippen LogP contribution in [0.2, 0.25) is 0 Å². The predicted molar refractivity (Wildman–Crippen MR) is 138 cm³/mol. The first-order chi connectivity index (χ1) is 16.5. The topological polar surface area (TPSA) is 91.9 Å². The zero-order valence-corrected chi connectivity index (χ0v) is 19.6. The van der Waals surface area contributed by atoms with Crippen LogP contribution in [0.15, 0.2) is 85.1 Å². The third kappa shape index (κ3) is 5.50. The van der Waals surface area contributed by atoms with Crippen LogP contribution < -0.4 is 5.32 Å². The predicted octanol–water partition coefficient (Wildman–Crippen LogP) is 4.63. The van der Waals surface area contributed by atoms with Gasteiger partial charge in [0.05, 0.1) is 11.7 Å². The van der Waals surface area contributed by atoms with Gasteiger partial charge in [0.25, 0.3) is 0 Å². The van der Waals surface area contributed by atoms with Crippen molar-refractivity contribution in [1.29, 1.82) is 0 Å². The number of amides is 1. The Hall–Kier alpha value is -3.97. The first kappa shape index (κ1) is 23.2. The van der Waals surface area contributed by atoms with E-state index < -0.39 is 16.6 Å². The number of allylic oxidation sites excluding steroid dienone is 1. The second-order valence-corrected chi connectivity index (χ2v) is 8.71. The number of H-pyrrole nitrogens is 1. The largest absolute Gasteiger partial charge is 0.339 e. The zero-order valence-electron chi connectivity index (χ0n) is 18.7. The summed E-state index contributed by atoms with van der Waals surface area (Å²) in [6.07, 6.45) is 5.67. The number of aromatic nitrogens is 2. The molecule has 2 N–H and O–H groups in total. The Labute approximate surface area is 200 Å². The van der Waals surface area contributed by atoms with Gasteiger partial charge in [0.2, 0.25) is 5.91 Å². The molecule has 0 fully saturated rings. The standard InChI is InChI=1S/C27H25N3O3S/c1-2-24(20-6-4-3-5-7-20)27(22-13-14-25-23(16-22)17-29-30-25)21-11-8-19(9-12-21)10-15-26(31)28-18-34(32)33/h3-17,34H,2,18H2,1H3,(H,28,31)(H,29,30)/b15-10+,27-24+. The fraction of sp³-hybridized carbons (Fsp3) is 0.111. The Morgan fingerprint density at radius 3 is 2.41 bits per heavy atom. The molecule has 4 aromatic rings. The van der Waals surface area contributed by atoms with Crippen molar-refractivity contribution >= 4 is 44.7 Å². The average molecular weight is 472 g/mol. The molecule has 1 amide bonds. The maximum absolute atomic E-state index is 11.8. The van der Waals surface area contributed by atoms with Gasteiger partial charge in [-0.15, -0.1) is 0 Å². The zero-order chi connectivity index (χ0) is 23.9. The molecular formula is C27H25N3O3S. The molecule has 1 aromatic heterocycles. The molecule has 172 valence electrons. The van der Waals surface area contributed by atoms with Crippen molar-refractivity contribution in [3.05, 3.63) is 107 Å². The highest BCUT2D eigenvalue weighted by Gasteiger charge is 2.14. The summed E-state index contributed by atoms with van der Waals surface area (Å²) < 4.78 is 21.2. The summed E-state index contributed by atoms with van der Waals surface area (Å²) in [6.45, 7) is 2.16. The van der Waals surface area contributed by atoms with Crippen LogP contribution in [0.4, 0.5) is 0 Å². The fourth-order valence-corrected chi connectivity index (χ4v) is 4.20. The Bertz CT molecular complexity index is 1430. The quantitative estimate of drug-likeness (QED) is 0.198. The monoisotopic (exact) mass is 471 g/mol. The van der Waals surface area contributed by atoms with E-state index >= 15 is 0 Å². The number of rotatable bonds is 8. The molecule has 0 radical (unpaired) electrons. The minimum atomic E-state index is -2.64. The van der Waals surface area contributed by atoms with E-state index in [1.807, 2.05) is 54.7 Å². The van der Waals surface area contributed by atoms with Crippen molar-refractivity contribution in [1.82, 2.24) is 15.5 Å². The van der Waals surface area contributed by atoms with Gasteiger partial charge in [-0.05, 0) is 58.0 Å². The van der Waals surface area contributed by atoms with Crippen molar-refractivity contribution in [2.24, 2.45) is 0 Å². The molecule has 1 heterocycles. The lowest BCUT2D eigenvalue weighted by Crippen LogP contribution is -2.22. The van der Waals surface area contributed by atoms with E-state index in [0.29, 0.717) is 0 Å². The molecule has 4 rings (SSSR count). The highest BCUT2D eigenvalue weighted by atomic mass is 32.2. The van der Waals surface area contributed by atoms with Gasteiger partial charge in [-0.3, -0.25) is 9.89 Å². The number of fused-ring (bicyclic) bond motifs is 1. The van der Waals surface area contributed by atoms with Crippen molar-refractivity contribution < 1.29 is 13.2 Å². The Balaban J connectivity index is 1.74. The highest BCUT2D eigenvalue weighted by Crippen LogP contribution is 2.35. The van der Waals surface area contributed by atoms with Gasteiger partial charge in [0.1, 0.15) is 5.88 Å². The van der Waals surface area contributed by atoms with E-state index in [0.717, 1.165) is 39.6 Å². The van der Waals surface area contributed by atoms with Gasteiger partial charge in [-0.25, -0.2) is 8.42 Å². The smallest absolute Gasteiger partial charge is 0.244 e. The lowest BCUT2D eigenvalue weighted by molar-refractivity contribution is -0.116. The van der Waals surface area contributed by atoms with Crippen LogP contribution in [0.1, 0.15) is 35.6 Å². The fourth-order valence-electron chi connectivity index (χ4n) is 3.91. The second-order valence-electron chi connectivity index (χ2n) is 7.73.